The molecule has 31 heavy (non-hydrogen) atoms. The molecule has 1 aromatic carbocycles. The molecule has 7 heteroatoms. The van der Waals surface area contributed by atoms with Gasteiger partial charge in [0.1, 0.15) is 12.4 Å². The van der Waals surface area contributed by atoms with E-state index in [2.05, 4.69) is 16.8 Å². The van der Waals surface area contributed by atoms with Gasteiger partial charge in [0.05, 0.1) is 33.1 Å². The van der Waals surface area contributed by atoms with Gasteiger partial charge < -0.3 is 24.3 Å². The number of methoxy groups -OCH3 is 2. The van der Waals surface area contributed by atoms with Crippen LogP contribution in [0.2, 0.25) is 0 Å². The number of aromatic amines is 1. The Hall–Kier alpha value is -2.51. The number of ether oxygens (including phenoxy) is 3. The molecule has 2 N–H and O–H groups in total. The van der Waals surface area contributed by atoms with Gasteiger partial charge in [-0.25, -0.2) is 0 Å². The van der Waals surface area contributed by atoms with Gasteiger partial charge in [0.2, 0.25) is 0 Å². The zero-order valence-corrected chi connectivity index (χ0v) is 18.5. The highest BCUT2D eigenvalue weighted by molar-refractivity contribution is 5.92. The summed E-state index contributed by atoms with van der Waals surface area (Å²) >= 11 is 0. The molecule has 3 atom stereocenters. The predicted molar refractivity (Wildman–Crippen MR) is 118 cm³/mol. The summed E-state index contributed by atoms with van der Waals surface area (Å²) in [6.45, 7) is 4.94. The van der Waals surface area contributed by atoms with Gasteiger partial charge in [-0.15, -0.1) is 0 Å². The van der Waals surface area contributed by atoms with Gasteiger partial charge in [-0.2, -0.15) is 0 Å². The van der Waals surface area contributed by atoms with Crippen molar-refractivity contribution in [2.75, 3.05) is 33.9 Å². The van der Waals surface area contributed by atoms with Crippen molar-refractivity contribution in [1.82, 2.24) is 9.88 Å². The number of H-pyrrole nitrogens is 1. The summed E-state index contributed by atoms with van der Waals surface area (Å²) in [5.41, 5.74) is 5.42. The molecule has 0 saturated carbocycles. The van der Waals surface area contributed by atoms with E-state index in [1.807, 2.05) is 12.1 Å². The van der Waals surface area contributed by atoms with E-state index in [1.54, 1.807) is 20.5 Å². The molecular formula is C24H32N2O5. The maximum atomic E-state index is 10.8. The first-order valence-electron chi connectivity index (χ1n) is 11.0. The smallest absolute Gasteiger partial charge is 0.293 e. The van der Waals surface area contributed by atoms with Crippen molar-refractivity contribution in [3.05, 3.63) is 40.8 Å². The highest BCUT2D eigenvalue weighted by Crippen LogP contribution is 2.47. The number of carbonyl (C=O) groups is 1. The highest BCUT2D eigenvalue weighted by atomic mass is 16.5. The second-order valence-electron chi connectivity index (χ2n) is 8.46. The summed E-state index contributed by atoms with van der Waals surface area (Å²) in [7, 11) is 3.30. The number of rotatable bonds is 8. The number of piperidine rings is 1. The third-order valence-corrected chi connectivity index (χ3v) is 7.04. The number of benzene rings is 1. The first-order valence-corrected chi connectivity index (χ1v) is 11.0. The number of nitrogens with one attached hydrogen (secondary N) is 1. The Morgan fingerprint density at radius 2 is 2.19 bits per heavy atom. The van der Waals surface area contributed by atoms with Crippen LogP contribution in [0.4, 0.5) is 0 Å². The maximum Gasteiger partial charge on any atom is 0.293 e. The maximum absolute atomic E-state index is 10.8. The summed E-state index contributed by atoms with van der Waals surface area (Å²) in [4.78, 5) is 17.1. The van der Waals surface area contributed by atoms with Gasteiger partial charge in [0, 0.05) is 40.8 Å². The third kappa shape index (κ3) is 3.81. The number of aromatic nitrogens is 1. The summed E-state index contributed by atoms with van der Waals surface area (Å²) < 4.78 is 16.2. The minimum atomic E-state index is -0.0449. The van der Waals surface area contributed by atoms with Crippen LogP contribution in [0, 0.1) is 11.8 Å². The number of fused-ring (bicyclic) bond motifs is 5. The molecule has 4 rings (SSSR count). The topological polar surface area (TPSA) is 84.0 Å². The van der Waals surface area contributed by atoms with Crippen LogP contribution in [0.5, 0.6) is 5.75 Å². The average molecular weight is 429 g/mol. The molecule has 7 nitrogen and oxygen atoms in total. The number of aliphatic hydroxyl groups excluding tert-OH is 1. The SMILES string of the molecule is CC[C@@H]1CN2CCc3c([nH]c4ccc(CO)c(OC)c34)[C@@H]2C[C@@H]1/C(=C\OC)COC=O. The van der Waals surface area contributed by atoms with E-state index in [0.29, 0.717) is 12.4 Å². The van der Waals surface area contributed by atoms with Crippen molar-refractivity contribution in [3.63, 3.8) is 0 Å². The quantitative estimate of drug-likeness (QED) is 0.496. The lowest BCUT2D eigenvalue weighted by molar-refractivity contribution is -0.128. The lowest BCUT2D eigenvalue weighted by Gasteiger charge is -2.46. The molecule has 1 saturated heterocycles. The van der Waals surface area contributed by atoms with Crippen molar-refractivity contribution >= 4 is 17.4 Å². The van der Waals surface area contributed by atoms with Crippen molar-refractivity contribution in [2.24, 2.45) is 11.8 Å². The summed E-state index contributed by atoms with van der Waals surface area (Å²) in [6.07, 6.45) is 4.69. The molecule has 2 aromatic rings. The summed E-state index contributed by atoms with van der Waals surface area (Å²) in [5.74, 6) is 1.52. The molecule has 0 spiro atoms. The van der Waals surface area contributed by atoms with Crippen LogP contribution >= 0.6 is 0 Å². The zero-order chi connectivity index (χ0) is 22.0. The Kier molecular flexibility index (Phi) is 6.53. The Balaban J connectivity index is 1.74. The van der Waals surface area contributed by atoms with Crippen molar-refractivity contribution < 1.29 is 24.1 Å². The zero-order valence-electron chi connectivity index (χ0n) is 18.5. The van der Waals surface area contributed by atoms with E-state index in [9.17, 15) is 9.90 Å². The molecule has 3 heterocycles. The lowest BCUT2D eigenvalue weighted by Crippen LogP contribution is -2.46. The Labute approximate surface area is 183 Å². The first kappa shape index (κ1) is 21.7. The van der Waals surface area contributed by atoms with Gasteiger partial charge in [0.15, 0.2) is 0 Å². The van der Waals surface area contributed by atoms with Crippen LogP contribution in [0.25, 0.3) is 10.9 Å². The summed E-state index contributed by atoms with van der Waals surface area (Å²) in [5, 5.41) is 10.9. The van der Waals surface area contributed by atoms with Crippen LogP contribution in [-0.4, -0.2) is 55.4 Å². The van der Waals surface area contributed by atoms with E-state index in [0.717, 1.165) is 60.1 Å². The monoisotopic (exact) mass is 428 g/mol. The molecule has 2 aliphatic heterocycles. The minimum Gasteiger partial charge on any atom is -0.504 e. The number of carbonyl (C=O) groups excluding carboxylic acids is 1. The molecule has 0 unspecified atom stereocenters. The molecule has 0 radical (unpaired) electrons. The molecule has 0 amide bonds. The lowest BCUT2D eigenvalue weighted by atomic mass is 9.74. The standard InChI is InChI=1S/C24H32N2O5/c1-4-15-10-26-8-7-18-22-20(6-5-16(11-27)24(22)30-3)25-23(18)21(26)9-19(15)17(12-29-2)13-31-14-28/h5-6,12,14-15,19,21,25,27H,4,7-11,13H2,1-3H3/b17-12-/t15-,19+,21+/m1/s1. The van der Waals surface area contributed by atoms with Gasteiger partial charge >= 0.3 is 0 Å². The molecular weight excluding hydrogens is 396 g/mol. The Morgan fingerprint density at radius 3 is 2.87 bits per heavy atom. The number of hydrogen-bond acceptors (Lipinski definition) is 6. The van der Waals surface area contributed by atoms with Crippen LogP contribution in [0.1, 0.15) is 42.6 Å². The predicted octanol–water partition coefficient (Wildman–Crippen LogP) is 3.32. The summed E-state index contributed by atoms with van der Waals surface area (Å²) in [6, 6.07) is 4.21. The Bertz CT molecular complexity index is 967. The number of aliphatic hydroxyl groups is 1. The van der Waals surface area contributed by atoms with Gasteiger partial charge in [0.25, 0.3) is 6.47 Å². The van der Waals surface area contributed by atoms with Gasteiger partial charge in [-0.05, 0) is 36.3 Å². The first-order chi connectivity index (χ1) is 15.2. The molecule has 0 aliphatic carbocycles. The van der Waals surface area contributed by atoms with Crippen molar-refractivity contribution in [1.29, 1.82) is 0 Å². The van der Waals surface area contributed by atoms with Crippen LogP contribution in [0.15, 0.2) is 24.0 Å². The number of hydrogen-bond donors (Lipinski definition) is 2. The van der Waals surface area contributed by atoms with E-state index in [-0.39, 0.29) is 25.2 Å². The van der Waals surface area contributed by atoms with Crippen LogP contribution in [-0.2, 0) is 27.3 Å². The number of nitrogens with zero attached hydrogens (tertiary/aromatic N) is 1. The molecule has 168 valence electrons. The molecule has 0 bridgehead atoms. The van der Waals surface area contributed by atoms with Crippen LogP contribution in [0.3, 0.4) is 0 Å². The fraction of sp³-hybridized carbons (Fsp3) is 0.542. The normalized spacial score (nSPS) is 23.9. The largest absolute Gasteiger partial charge is 0.504 e. The van der Waals surface area contributed by atoms with Gasteiger partial charge in [-0.3, -0.25) is 9.69 Å². The fourth-order valence-corrected chi connectivity index (χ4v) is 5.61. The minimum absolute atomic E-state index is 0.0449. The van der Waals surface area contributed by atoms with E-state index in [1.165, 1.54) is 11.3 Å². The molecule has 1 aromatic heterocycles. The second-order valence-corrected chi connectivity index (χ2v) is 8.46. The van der Waals surface area contributed by atoms with E-state index in [4.69, 9.17) is 14.2 Å². The third-order valence-electron chi connectivity index (χ3n) is 7.04. The second kappa shape index (κ2) is 9.32. The molecule has 2 aliphatic rings. The molecule has 1 fully saturated rings. The van der Waals surface area contributed by atoms with Gasteiger partial charge in [-0.1, -0.05) is 19.4 Å². The van der Waals surface area contributed by atoms with Crippen molar-refractivity contribution in [3.8, 4) is 5.75 Å². The fourth-order valence-electron chi connectivity index (χ4n) is 5.61. The van der Waals surface area contributed by atoms with E-state index >= 15 is 0 Å². The average Bonchev–Trinajstić information content (AvgIpc) is 3.19. The van der Waals surface area contributed by atoms with Crippen LogP contribution < -0.4 is 4.74 Å². The highest BCUT2D eigenvalue weighted by Gasteiger charge is 2.41. The van der Waals surface area contributed by atoms with E-state index < -0.39 is 0 Å². The Morgan fingerprint density at radius 1 is 1.35 bits per heavy atom. The van der Waals surface area contributed by atoms with Crippen molar-refractivity contribution in [2.45, 2.75) is 38.8 Å².